The van der Waals surface area contributed by atoms with Crippen LogP contribution in [0.1, 0.15) is 35.2 Å². The Labute approximate surface area is 156 Å². The minimum absolute atomic E-state index is 0.130. The second-order valence-electron chi connectivity index (χ2n) is 5.93. The molecule has 0 radical (unpaired) electrons. The lowest BCUT2D eigenvalue weighted by atomic mass is 10.1. The molecule has 1 fully saturated rings. The second kappa shape index (κ2) is 7.46. The quantitative estimate of drug-likeness (QED) is 0.401. The van der Waals surface area contributed by atoms with Gasteiger partial charge in [-0.05, 0) is 49.1 Å². The summed E-state index contributed by atoms with van der Waals surface area (Å²) < 4.78 is 5.17. The highest BCUT2D eigenvalue weighted by molar-refractivity contribution is 6.39. The summed E-state index contributed by atoms with van der Waals surface area (Å²) in [6.45, 7) is 1.86. The van der Waals surface area contributed by atoms with Gasteiger partial charge in [-0.25, -0.2) is 4.79 Å². The van der Waals surface area contributed by atoms with Gasteiger partial charge in [0.2, 0.25) is 0 Å². The van der Waals surface area contributed by atoms with Gasteiger partial charge >= 0.3 is 5.97 Å². The van der Waals surface area contributed by atoms with Crippen molar-refractivity contribution in [3.63, 3.8) is 0 Å². The Kier molecular flexibility index (Phi) is 5.30. The molecule has 2 atom stereocenters. The molecule has 4 nitrogen and oxygen atoms in total. The minimum Gasteiger partial charge on any atom is -0.497 e. The van der Waals surface area contributed by atoms with Crippen LogP contribution in [-0.2, 0) is 4.84 Å². The molecule has 0 amide bonds. The predicted octanol–water partition coefficient (Wildman–Crippen LogP) is 5.34. The van der Waals surface area contributed by atoms with E-state index in [2.05, 4.69) is 5.16 Å². The van der Waals surface area contributed by atoms with Crippen molar-refractivity contribution in [1.82, 2.24) is 0 Å². The van der Waals surface area contributed by atoms with Gasteiger partial charge in [-0.15, -0.1) is 0 Å². The van der Waals surface area contributed by atoms with E-state index in [1.165, 1.54) is 5.56 Å². The number of ether oxygens (including phenoxy) is 1. The molecule has 1 saturated carbocycles. The summed E-state index contributed by atoms with van der Waals surface area (Å²) in [6, 6.07) is 12.8. The van der Waals surface area contributed by atoms with E-state index in [0.29, 0.717) is 5.92 Å². The van der Waals surface area contributed by atoms with E-state index in [-0.39, 0.29) is 21.5 Å². The Hall–Kier alpha value is -2.04. The molecule has 0 N–H and O–H groups in total. The van der Waals surface area contributed by atoms with Crippen molar-refractivity contribution in [2.24, 2.45) is 11.1 Å². The molecule has 2 aromatic carbocycles. The zero-order chi connectivity index (χ0) is 18.0. The van der Waals surface area contributed by atoms with Gasteiger partial charge in [-0.3, -0.25) is 0 Å². The minimum atomic E-state index is -0.656. The first kappa shape index (κ1) is 17.8. The summed E-state index contributed by atoms with van der Waals surface area (Å²) in [5.74, 6) is 0.827. The Balaban J connectivity index is 1.64. The van der Waals surface area contributed by atoms with Crippen LogP contribution in [0.3, 0.4) is 0 Å². The van der Waals surface area contributed by atoms with Gasteiger partial charge < -0.3 is 9.57 Å². The molecule has 0 spiro atoms. The third kappa shape index (κ3) is 3.97. The summed E-state index contributed by atoms with van der Waals surface area (Å²) in [5.41, 5.74) is 2.13. The number of methoxy groups -OCH3 is 1. The number of rotatable bonds is 5. The van der Waals surface area contributed by atoms with E-state index < -0.39 is 5.97 Å². The summed E-state index contributed by atoms with van der Waals surface area (Å²) in [5, 5.41) is 4.47. The molecule has 0 heterocycles. The third-order valence-electron chi connectivity index (χ3n) is 4.31. The molecule has 130 valence electrons. The molecule has 0 unspecified atom stereocenters. The third-order valence-corrected chi connectivity index (χ3v) is 4.94. The van der Waals surface area contributed by atoms with Gasteiger partial charge in [-0.2, -0.15) is 0 Å². The van der Waals surface area contributed by atoms with Crippen LogP contribution in [0.2, 0.25) is 10.0 Å². The summed E-state index contributed by atoms with van der Waals surface area (Å²) in [6.07, 6.45) is 0.978. The Bertz CT molecular complexity index is 798. The molecule has 1 aliphatic carbocycles. The van der Waals surface area contributed by atoms with Gasteiger partial charge in [0.05, 0.1) is 28.4 Å². The molecular weight excluding hydrogens is 361 g/mol. The molecule has 0 aliphatic heterocycles. The first-order chi connectivity index (χ1) is 12.0. The maximum absolute atomic E-state index is 12.1. The van der Waals surface area contributed by atoms with Gasteiger partial charge in [-0.1, -0.05) is 46.6 Å². The van der Waals surface area contributed by atoms with E-state index >= 15 is 0 Å². The van der Waals surface area contributed by atoms with Crippen LogP contribution >= 0.6 is 23.2 Å². The summed E-state index contributed by atoms with van der Waals surface area (Å²) >= 11 is 12.0. The molecule has 6 heteroatoms. The number of hydrogen-bond donors (Lipinski definition) is 0. The van der Waals surface area contributed by atoms with E-state index in [4.69, 9.17) is 32.8 Å². The van der Waals surface area contributed by atoms with Crippen molar-refractivity contribution in [3.05, 3.63) is 63.6 Å². The molecular formula is C19H17Cl2NO3. The van der Waals surface area contributed by atoms with E-state index in [9.17, 15) is 4.79 Å². The smallest absolute Gasteiger partial charge is 0.368 e. The zero-order valence-electron chi connectivity index (χ0n) is 13.8. The van der Waals surface area contributed by atoms with Crippen LogP contribution in [0.4, 0.5) is 0 Å². The molecule has 0 aromatic heterocycles. The summed E-state index contributed by atoms with van der Waals surface area (Å²) in [7, 11) is 1.64. The molecule has 3 rings (SSSR count). The monoisotopic (exact) mass is 377 g/mol. The van der Waals surface area contributed by atoms with Crippen molar-refractivity contribution in [3.8, 4) is 5.75 Å². The van der Waals surface area contributed by atoms with Gasteiger partial charge in [0.25, 0.3) is 0 Å². The molecule has 1 aliphatic rings. The number of benzene rings is 2. The second-order valence-corrected chi connectivity index (χ2v) is 6.74. The Morgan fingerprint density at radius 2 is 1.76 bits per heavy atom. The average molecular weight is 378 g/mol. The highest BCUT2D eigenvalue weighted by atomic mass is 35.5. The van der Waals surface area contributed by atoms with Crippen molar-refractivity contribution in [1.29, 1.82) is 0 Å². The van der Waals surface area contributed by atoms with Gasteiger partial charge in [0.15, 0.2) is 0 Å². The molecule has 25 heavy (non-hydrogen) atoms. The number of oxime groups is 1. The highest BCUT2D eigenvalue weighted by Gasteiger charge is 2.41. The van der Waals surface area contributed by atoms with Crippen molar-refractivity contribution in [2.75, 3.05) is 7.11 Å². The topological polar surface area (TPSA) is 47.9 Å². The average Bonchev–Trinajstić information content (AvgIpc) is 3.40. The van der Waals surface area contributed by atoms with E-state index in [1.807, 2.05) is 31.2 Å². The first-order valence-electron chi connectivity index (χ1n) is 7.85. The van der Waals surface area contributed by atoms with Crippen LogP contribution < -0.4 is 4.74 Å². The lowest BCUT2D eigenvalue weighted by Gasteiger charge is -2.05. The zero-order valence-corrected chi connectivity index (χ0v) is 15.3. The van der Waals surface area contributed by atoms with Crippen molar-refractivity contribution in [2.45, 2.75) is 19.3 Å². The maximum atomic E-state index is 12.1. The van der Waals surface area contributed by atoms with Crippen LogP contribution in [0.5, 0.6) is 5.75 Å². The molecule has 0 saturated heterocycles. The van der Waals surface area contributed by atoms with Crippen molar-refractivity contribution >= 4 is 34.9 Å². The fourth-order valence-corrected chi connectivity index (χ4v) is 3.35. The number of nitrogens with zero attached hydrogens (tertiary/aromatic N) is 1. The lowest BCUT2D eigenvalue weighted by molar-refractivity contribution is 0.0515. The number of halogens is 2. The Morgan fingerprint density at radius 3 is 2.36 bits per heavy atom. The number of carbonyl (C=O) groups excluding carboxylic acids is 1. The maximum Gasteiger partial charge on any atom is 0.368 e. The highest BCUT2D eigenvalue weighted by Crippen LogP contribution is 2.48. The van der Waals surface area contributed by atoms with Crippen molar-refractivity contribution < 1.29 is 14.4 Å². The number of hydrogen-bond acceptors (Lipinski definition) is 4. The van der Waals surface area contributed by atoms with Crippen LogP contribution in [0, 0.1) is 5.92 Å². The van der Waals surface area contributed by atoms with Crippen LogP contribution in [-0.4, -0.2) is 18.8 Å². The SMILES string of the molecule is COc1ccc([C@H]2C[C@H]2C(C)=NOC(=O)c2c(Cl)cccc2Cl)cc1. The van der Waals surface area contributed by atoms with E-state index in [0.717, 1.165) is 17.9 Å². The fourth-order valence-electron chi connectivity index (χ4n) is 2.80. The normalized spacial score (nSPS) is 19.4. The van der Waals surface area contributed by atoms with Gasteiger partial charge in [0.1, 0.15) is 5.75 Å². The van der Waals surface area contributed by atoms with E-state index in [1.54, 1.807) is 25.3 Å². The van der Waals surface area contributed by atoms with Crippen LogP contribution in [0.15, 0.2) is 47.6 Å². The van der Waals surface area contributed by atoms with Gasteiger partial charge in [0, 0.05) is 5.92 Å². The molecule has 0 bridgehead atoms. The number of carbonyl (C=O) groups is 1. The first-order valence-corrected chi connectivity index (χ1v) is 8.60. The summed E-state index contributed by atoms with van der Waals surface area (Å²) in [4.78, 5) is 17.2. The predicted molar refractivity (Wildman–Crippen MR) is 98.8 cm³/mol. The van der Waals surface area contributed by atoms with Crippen LogP contribution in [0.25, 0.3) is 0 Å². The Morgan fingerprint density at radius 1 is 1.12 bits per heavy atom. The molecule has 2 aromatic rings. The standard InChI is InChI=1S/C19H17Cl2NO3/c1-11(14-10-15(14)12-6-8-13(24-2)9-7-12)22-25-19(23)18-16(20)4-3-5-17(18)21/h3-9,14-15H,10H2,1-2H3/t14-,15+/m0/s1. The fraction of sp³-hybridized carbons (Fsp3) is 0.263. The lowest BCUT2D eigenvalue weighted by Crippen LogP contribution is -2.06. The largest absolute Gasteiger partial charge is 0.497 e.